The molecule has 2 N–H and O–H groups in total. The summed E-state index contributed by atoms with van der Waals surface area (Å²) in [5.41, 5.74) is 2.89. The van der Waals surface area contributed by atoms with Gasteiger partial charge in [0.05, 0.1) is 23.5 Å². The Morgan fingerprint density at radius 2 is 2.31 bits per heavy atom. The molecule has 1 saturated heterocycles. The standard InChI is InChI=1S/C23H24N6O2S/c1-31-17-6-2-5-16(13-17)20-15-32-22(27-20)18(14-24)19-8-10-26-23(28-19)25-9-4-12-29-11-3-7-21(29)30/h2,5-6,8,10,13,15,27H,3-4,7,9,11-12H2,1H3,(H,25,26,28)/b22-18+. The molecule has 1 amide bonds. The summed E-state index contributed by atoms with van der Waals surface area (Å²) in [7, 11) is 1.64. The van der Waals surface area contributed by atoms with Crippen LogP contribution in [0.3, 0.4) is 0 Å². The molecule has 0 atom stereocenters. The molecular formula is C23H24N6O2S. The summed E-state index contributed by atoms with van der Waals surface area (Å²) in [6.45, 7) is 2.24. The van der Waals surface area contributed by atoms with Crippen LogP contribution in [0.5, 0.6) is 5.75 Å². The lowest BCUT2D eigenvalue weighted by Gasteiger charge is -2.15. The third kappa shape index (κ3) is 5.03. The molecule has 2 aliphatic rings. The lowest BCUT2D eigenvalue weighted by atomic mass is 10.1. The van der Waals surface area contributed by atoms with Gasteiger partial charge in [0.1, 0.15) is 17.4 Å². The molecule has 1 aromatic heterocycles. The predicted molar refractivity (Wildman–Crippen MR) is 125 cm³/mol. The highest BCUT2D eigenvalue weighted by atomic mass is 32.2. The number of rotatable bonds is 8. The van der Waals surface area contributed by atoms with Gasteiger partial charge in [-0.15, -0.1) is 0 Å². The maximum absolute atomic E-state index is 11.7. The largest absolute Gasteiger partial charge is 0.497 e. The molecule has 0 unspecified atom stereocenters. The number of allylic oxidation sites excluding steroid dienone is 1. The van der Waals surface area contributed by atoms with Gasteiger partial charge in [-0.1, -0.05) is 23.9 Å². The number of aromatic nitrogens is 2. The molecule has 1 aromatic carbocycles. The molecule has 0 saturated carbocycles. The fraction of sp³-hybridized carbons (Fsp3) is 0.304. The molecular weight excluding hydrogens is 424 g/mol. The number of amides is 1. The zero-order chi connectivity index (χ0) is 22.3. The van der Waals surface area contributed by atoms with Crippen molar-refractivity contribution in [2.75, 3.05) is 32.1 Å². The van der Waals surface area contributed by atoms with Gasteiger partial charge in [-0.2, -0.15) is 5.26 Å². The molecule has 0 aliphatic carbocycles. The Hall–Kier alpha value is -3.51. The van der Waals surface area contributed by atoms with Gasteiger partial charge in [-0.05, 0) is 31.0 Å². The van der Waals surface area contributed by atoms with Gasteiger partial charge in [-0.25, -0.2) is 9.97 Å². The minimum Gasteiger partial charge on any atom is -0.497 e. The molecule has 0 spiro atoms. The number of likely N-dealkylation sites (tertiary alicyclic amines) is 1. The number of ether oxygens (including phenoxy) is 1. The Morgan fingerprint density at radius 3 is 3.09 bits per heavy atom. The van der Waals surface area contributed by atoms with Crippen LogP contribution in [0.2, 0.25) is 0 Å². The lowest BCUT2D eigenvalue weighted by Crippen LogP contribution is -2.27. The highest BCUT2D eigenvalue weighted by Gasteiger charge is 2.20. The van der Waals surface area contributed by atoms with Crippen molar-refractivity contribution in [1.29, 1.82) is 5.26 Å². The SMILES string of the molecule is COc1cccc(C2=CS/C(=C(\C#N)c3ccnc(NCCCN4CCCC4=O)n3)N2)c1. The summed E-state index contributed by atoms with van der Waals surface area (Å²) >= 11 is 1.45. The van der Waals surface area contributed by atoms with Gasteiger partial charge >= 0.3 is 0 Å². The van der Waals surface area contributed by atoms with E-state index in [1.165, 1.54) is 11.8 Å². The molecule has 8 nitrogen and oxygen atoms in total. The Bertz CT molecular complexity index is 1110. The second-order valence-electron chi connectivity index (χ2n) is 7.35. The van der Waals surface area contributed by atoms with Crippen LogP contribution >= 0.6 is 11.8 Å². The molecule has 4 rings (SSSR count). The minimum absolute atomic E-state index is 0.233. The third-order valence-corrected chi connectivity index (χ3v) is 6.13. The van der Waals surface area contributed by atoms with Crippen molar-refractivity contribution < 1.29 is 9.53 Å². The van der Waals surface area contributed by atoms with Crippen molar-refractivity contribution in [2.24, 2.45) is 0 Å². The van der Waals surface area contributed by atoms with Crippen molar-refractivity contribution >= 4 is 34.9 Å². The Labute approximate surface area is 191 Å². The van der Waals surface area contributed by atoms with Gasteiger partial charge in [0.25, 0.3) is 0 Å². The van der Waals surface area contributed by atoms with Crippen molar-refractivity contribution in [2.45, 2.75) is 19.3 Å². The summed E-state index contributed by atoms with van der Waals surface area (Å²) in [6.07, 6.45) is 4.06. The van der Waals surface area contributed by atoms with Crippen molar-refractivity contribution in [3.05, 3.63) is 58.2 Å². The van der Waals surface area contributed by atoms with E-state index < -0.39 is 0 Å². The summed E-state index contributed by atoms with van der Waals surface area (Å²) < 4.78 is 5.30. The Balaban J connectivity index is 1.40. The number of carbonyl (C=O) groups is 1. The first-order valence-electron chi connectivity index (χ1n) is 10.5. The first-order valence-corrected chi connectivity index (χ1v) is 11.3. The number of carbonyl (C=O) groups excluding carboxylic acids is 1. The number of hydrogen-bond acceptors (Lipinski definition) is 8. The van der Waals surface area contributed by atoms with Crippen LogP contribution < -0.4 is 15.4 Å². The monoisotopic (exact) mass is 448 g/mol. The van der Waals surface area contributed by atoms with Gasteiger partial charge in [-0.3, -0.25) is 4.79 Å². The number of nitrogens with zero attached hydrogens (tertiary/aromatic N) is 4. The average molecular weight is 449 g/mol. The quantitative estimate of drug-likeness (QED) is 0.468. The molecule has 9 heteroatoms. The average Bonchev–Trinajstić information content (AvgIpc) is 3.47. The fourth-order valence-electron chi connectivity index (χ4n) is 3.57. The maximum Gasteiger partial charge on any atom is 0.223 e. The predicted octanol–water partition coefficient (Wildman–Crippen LogP) is 3.44. The number of nitriles is 1. The van der Waals surface area contributed by atoms with Gasteiger partial charge < -0.3 is 20.3 Å². The molecule has 164 valence electrons. The second-order valence-corrected chi connectivity index (χ2v) is 8.23. The summed E-state index contributed by atoms with van der Waals surface area (Å²) in [5, 5.41) is 19.0. The number of methoxy groups -OCH3 is 1. The molecule has 2 aromatic rings. The summed E-state index contributed by atoms with van der Waals surface area (Å²) in [6, 6.07) is 11.7. The normalized spacial score (nSPS) is 16.9. The minimum atomic E-state index is 0.233. The zero-order valence-corrected chi connectivity index (χ0v) is 18.6. The number of anilines is 1. The van der Waals surface area contributed by atoms with Crippen LogP contribution in [0, 0.1) is 11.3 Å². The first-order chi connectivity index (χ1) is 15.7. The van der Waals surface area contributed by atoms with E-state index >= 15 is 0 Å². The zero-order valence-electron chi connectivity index (χ0n) is 17.8. The van der Waals surface area contributed by atoms with E-state index in [-0.39, 0.29) is 5.91 Å². The molecule has 3 heterocycles. The van der Waals surface area contributed by atoms with Crippen molar-refractivity contribution in [1.82, 2.24) is 20.2 Å². The second kappa shape index (κ2) is 10.2. The Kier molecular flexibility index (Phi) is 6.92. The highest BCUT2D eigenvalue weighted by Crippen LogP contribution is 2.35. The number of thioether (sulfide) groups is 1. The number of benzene rings is 1. The summed E-state index contributed by atoms with van der Waals surface area (Å²) in [5.74, 6) is 1.47. The molecule has 1 fully saturated rings. The van der Waals surface area contributed by atoms with Crippen LogP contribution in [0.25, 0.3) is 11.3 Å². The van der Waals surface area contributed by atoms with Crippen LogP contribution in [0.1, 0.15) is 30.5 Å². The smallest absolute Gasteiger partial charge is 0.223 e. The molecule has 0 radical (unpaired) electrons. The Morgan fingerprint density at radius 1 is 1.41 bits per heavy atom. The van der Waals surface area contributed by atoms with Gasteiger partial charge in [0, 0.05) is 43.2 Å². The molecule has 2 aliphatic heterocycles. The van der Waals surface area contributed by atoms with E-state index in [1.807, 2.05) is 34.6 Å². The number of nitrogens with one attached hydrogen (secondary N) is 2. The summed E-state index contributed by atoms with van der Waals surface area (Å²) in [4.78, 5) is 22.4. The van der Waals surface area contributed by atoms with E-state index in [4.69, 9.17) is 4.74 Å². The van der Waals surface area contributed by atoms with E-state index in [0.717, 1.165) is 48.0 Å². The topological polar surface area (TPSA) is 103 Å². The maximum atomic E-state index is 11.7. The van der Waals surface area contributed by atoms with Crippen LogP contribution in [0.4, 0.5) is 5.95 Å². The van der Waals surface area contributed by atoms with E-state index in [9.17, 15) is 10.1 Å². The van der Waals surface area contributed by atoms with Gasteiger partial charge in [0.2, 0.25) is 11.9 Å². The van der Waals surface area contributed by atoms with E-state index in [1.54, 1.807) is 19.4 Å². The highest BCUT2D eigenvalue weighted by molar-refractivity contribution is 8.06. The van der Waals surface area contributed by atoms with Crippen LogP contribution in [-0.2, 0) is 4.79 Å². The van der Waals surface area contributed by atoms with Crippen molar-refractivity contribution in [3.63, 3.8) is 0 Å². The van der Waals surface area contributed by atoms with E-state index in [0.29, 0.717) is 30.2 Å². The van der Waals surface area contributed by atoms with E-state index in [2.05, 4.69) is 26.7 Å². The van der Waals surface area contributed by atoms with Crippen molar-refractivity contribution in [3.8, 4) is 11.8 Å². The third-order valence-electron chi connectivity index (χ3n) is 5.23. The lowest BCUT2D eigenvalue weighted by molar-refractivity contribution is -0.127. The fourth-order valence-corrected chi connectivity index (χ4v) is 4.44. The molecule has 32 heavy (non-hydrogen) atoms. The van der Waals surface area contributed by atoms with Crippen LogP contribution in [-0.4, -0.2) is 47.5 Å². The van der Waals surface area contributed by atoms with Gasteiger partial charge in [0.15, 0.2) is 0 Å². The first kappa shape index (κ1) is 21.7. The number of hydrogen-bond donors (Lipinski definition) is 2. The van der Waals surface area contributed by atoms with Crippen LogP contribution in [0.15, 0.2) is 47.0 Å². The molecule has 0 bridgehead atoms.